The first-order valence-electron chi connectivity index (χ1n) is 6.33. The molecule has 0 radical (unpaired) electrons. The topological polar surface area (TPSA) is 50.7 Å². The van der Waals surface area contributed by atoms with Crippen LogP contribution in [0.25, 0.3) is 0 Å². The van der Waals surface area contributed by atoms with Gasteiger partial charge in [-0.15, -0.1) is 0 Å². The van der Waals surface area contributed by atoms with Crippen molar-refractivity contribution in [3.05, 3.63) is 42.5 Å². The van der Waals surface area contributed by atoms with Gasteiger partial charge in [0.05, 0.1) is 6.20 Å². The highest BCUT2D eigenvalue weighted by Gasteiger charge is 2.01. The first-order chi connectivity index (χ1) is 9.24. The average Bonchev–Trinajstić information content (AvgIpc) is 2.42. The van der Waals surface area contributed by atoms with Crippen LogP contribution >= 0.6 is 11.8 Å². The molecule has 2 heterocycles. The third-order valence-corrected chi connectivity index (χ3v) is 3.30. The zero-order valence-electron chi connectivity index (χ0n) is 11.2. The van der Waals surface area contributed by atoms with Gasteiger partial charge < -0.3 is 5.32 Å². The Morgan fingerprint density at radius 2 is 2.00 bits per heavy atom. The van der Waals surface area contributed by atoms with Crippen LogP contribution in [0.2, 0.25) is 0 Å². The molecule has 0 aliphatic rings. The largest absolute Gasteiger partial charge is 0.312 e. The molecule has 0 aliphatic heterocycles. The minimum atomic E-state index is 0.666. The van der Waals surface area contributed by atoms with Crippen molar-refractivity contribution in [3.8, 4) is 0 Å². The Balaban J connectivity index is 1.88. The third-order valence-electron chi connectivity index (χ3n) is 2.43. The second-order valence-corrected chi connectivity index (χ2v) is 5.72. The van der Waals surface area contributed by atoms with Crippen molar-refractivity contribution in [2.45, 2.75) is 30.4 Å². The molecule has 1 N–H and O–H groups in total. The molecular formula is C14H18N4S. The monoisotopic (exact) mass is 274 g/mol. The van der Waals surface area contributed by atoms with E-state index in [1.54, 1.807) is 18.6 Å². The van der Waals surface area contributed by atoms with Crippen LogP contribution in [0.15, 0.2) is 47.0 Å². The maximum Gasteiger partial charge on any atom is 0.121 e. The van der Waals surface area contributed by atoms with E-state index in [0.717, 1.165) is 23.1 Å². The zero-order chi connectivity index (χ0) is 13.5. The second kappa shape index (κ2) is 7.21. The van der Waals surface area contributed by atoms with Crippen LogP contribution in [0.3, 0.4) is 0 Å². The highest BCUT2D eigenvalue weighted by molar-refractivity contribution is 7.99. The van der Waals surface area contributed by atoms with Gasteiger partial charge in [-0.25, -0.2) is 9.97 Å². The van der Waals surface area contributed by atoms with E-state index in [1.807, 2.05) is 12.3 Å². The first-order valence-corrected chi connectivity index (χ1v) is 7.15. The molecule has 0 fully saturated rings. The van der Waals surface area contributed by atoms with Crippen molar-refractivity contribution >= 4 is 11.8 Å². The summed E-state index contributed by atoms with van der Waals surface area (Å²) in [6, 6.07) is 4.12. The first kappa shape index (κ1) is 14.0. The Labute approximate surface area is 118 Å². The lowest BCUT2D eigenvalue weighted by molar-refractivity contribution is 0.551. The molecule has 2 aromatic rings. The molecule has 0 amide bonds. The van der Waals surface area contributed by atoms with E-state index in [-0.39, 0.29) is 0 Å². The van der Waals surface area contributed by atoms with E-state index in [9.17, 15) is 0 Å². The molecule has 0 unspecified atom stereocenters. The molecule has 4 nitrogen and oxygen atoms in total. The van der Waals surface area contributed by atoms with Gasteiger partial charge in [-0.05, 0) is 35.9 Å². The summed E-state index contributed by atoms with van der Waals surface area (Å²) in [4.78, 5) is 12.7. The van der Waals surface area contributed by atoms with Crippen LogP contribution in [0, 0.1) is 5.92 Å². The van der Waals surface area contributed by atoms with Crippen LogP contribution in [-0.4, -0.2) is 21.5 Å². The van der Waals surface area contributed by atoms with Crippen molar-refractivity contribution in [1.82, 2.24) is 20.3 Å². The lowest BCUT2D eigenvalue weighted by Crippen LogP contribution is -2.18. The molecule has 5 heteroatoms. The number of hydrogen-bond donors (Lipinski definition) is 1. The van der Waals surface area contributed by atoms with Crippen molar-refractivity contribution in [1.29, 1.82) is 0 Å². The molecule has 0 spiro atoms. The normalized spacial score (nSPS) is 10.9. The van der Waals surface area contributed by atoms with Crippen LogP contribution in [0.4, 0.5) is 0 Å². The van der Waals surface area contributed by atoms with Gasteiger partial charge in [-0.3, -0.25) is 4.98 Å². The fourth-order valence-electron chi connectivity index (χ4n) is 1.53. The predicted molar refractivity (Wildman–Crippen MR) is 76.9 cm³/mol. The molecule has 0 saturated heterocycles. The maximum atomic E-state index is 4.43. The summed E-state index contributed by atoms with van der Waals surface area (Å²) in [6.07, 6.45) is 7.00. The Hall–Kier alpha value is -1.46. The van der Waals surface area contributed by atoms with E-state index in [4.69, 9.17) is 0 Å². The summed E-state index contributed by atoms with van der Waals surface area (Å²) in [5, 5.41) is 5.20. The quantitative estimate of drug-likeness (QED) is 0.877. The number of hydrogen-bond acceptors (Lipinski definition) is 5. The SMILES string of the molecule is CC(C)CNCc1ccc(Sc2cnccn2)nc1. The number of nitrogens with one attached hydrogen (secondary N) is 1. The maximum absolute atomic E-state index is 4.43. The van der Waals surface area contributed by atoms with E-state index in [2.05, 4.69) is 40.2 Å². The summed E-state index contributed by atoms with van der Waals surface area (Å²) < 4.78 is 0. The summed E-state index contributed by atoms with van der Waals surface area (Å²) in [6.45, 7) is 6.29. The fourth-order valence-corrected chi connectivity index (χ4v) is 2.21. The number of pyridine rings is 1. The van der Waals surface area contributed by atoms with Crippen molar-refractivity contribution in [2.24, 2.45) is 5.92 Å². The Kier molecular flexibility index (Phi) is 5.30. The highest BCUT2D eigenvalue weighted by Crippen LogP contribution is 2.22. The summed E-state index contributed by atoms with van der Waals surface area (Å²) in [5.41, 5.74) is 1.20. The fraction of sp³-hybridized carbons (Fsp3) is 0.357. The Morgan fingerprint density at radius 3 is 2.63 bits per heavy atom. The van der Waals surface area contributed by atoms with Crippen LogP contribution in [0.5, 0.6) is 0 Å². The second-order valence-electron chi connectivity index (χ2n) is 4.68. The molecule has 0 atom stereocenters. The van der Waals surface area contributed by atoms with E-state index >= 15 is 0 Å². The zero-order valence-corrected chi connectivity index (χ0v) is 12.0. The van der Waals surface area contributed by atoms with Gasteiger partial charge in [0.1, 0.15) is 10.1 Å². The van der Waals surface area contributed by atoms with Crippen LogP contribution < -0.4 is 5.32 Å². The number of aromatic nitrogens is 3. The average molecular weight is 274 g/mol. The molecule has 100 valence electrons. The molecular weight excluding hydrogens is 256 g/mol. The Bertz CT molecular complexity index is 485. The van der Waals surface area contributed by atoms with Gasteiger partial charge in [0.15, 0.2) is 0 Å². The predicted octanol–water partition coefficient (Wildman–Crippen LogP) is 2.77. The van der Waals surface area contributed by atoms with Gasteiger partial charge >= 0.3 is 0 Å². The van der Waals surface area contributed by atoms with Crippen LogP contribution in [0.1, 0.15) is 19.4 Å². The van der Waals surface area contributed by atoms with Crippen molar-refractivity contribution in [3.63, 3.8) is 0 Å². The minimum absolute atomic E-state index is 0.666. The molecule has 0 aliphatic carbocycles. The summed E-state index contributed by atoms with van der Waals surface area (Å²) in [7, 11) is 0. The highest BCUT2D eigenvalue weighted by atomic mass is 32.2. The van der Waals surface area contributed by atoms with E-state index < -0.39 is 0 Å². The molecule has 0 aromatic carbocycles. The van der Waals surface area contributed by atoms with Gasteiger partial charge in [0.25, 0.3) is 0 Å². The number of rotatable bonds is 6. The van der Waals surface area contributed by atoms with Gasteiger partial charge in [0, 0.05) is 25.1 Å². The summed E-state index contributed by atoms with van der Waals surface area (Å²) in [5.74, 6) is 0.666. The van der Waals surface area contributed by atoms with Crippen LogP contribution in [-0.2, 0) is 6.54 Å². The van der Waals surface area contributed by atoms with Gasteiger partial charge in [-0.1, -0.05) is 19.9 Å². The summed E-state index contributed by atoms with van der Waals surface area (Å²) >= 11 is 1.52. The van der Waals surface area contributed by atoms with E-state index in [1.165, 1.54) is 17.3 Å². The van der Waals surface area contributed by atoms with E-state index in [0.29, 0.717) is 5.92 Å². The Morgan fingerprint density at radius 1 is 1.11 bits per heavy atom. The molecule has 2 aromatic heterocycles. The molecule has 2 rings (SSSR count). The minimum Gasteiger partial charge on any atom is -0.312 e. The lowest BCUT2D eigenvalue weighted by atomic mass is 10.2. The lowest BCUT2D eigenvalue weighted by Gasteiger charge is -2.07. The van der Waals surface area contributed by atoms with Gasteiger partial charge in [0.2, 0.25) is 0 Å². The smallest absolute Gasteiger partial charge is 0.121 e. The standard InChI is InChI=1S/C14H18N4S/c1-11(2)7-16-8-12-3-4-13(18-9-12)19-14-10-15-5-6-17-14/h3-6,9-11,16H,7-8H2,1-2H3. The van der Waals surface area contributed by atoms with Gasteiger partial charge in [-0.2, -0.15) is 0 Å². The van der Waals surface area contributed by atoms with Crippen molar-refractivity contribution < 1.29 is 0 Å². The third kappa shape index (κ3) is 4.96. The molecule has 0 bridgehead atoms. The van der Waals surface area contributed by atoms with Crippen molar-refractivity contribution in [2.75, 3.05) is 6.54 Å². The number of nitrogens with zero attached hydrogens (tertiary/aromatic N) is 3. The molecule has 0 saturated carbocycles. The molecule has 19 heavy (non-hydrogen) atoms.